The third-order valence-corrected chi connectivity index (χ3v) is 22.0. The molecule has 0 aliphatic carbocycles. The van der Waals surface area contributed by atoms with Crippen molar-refractivity contribution in [3.05, 3.63) is 79.7 Å². The summed E-state index contributed by atoms with van der Waals surface area (Å²) < 4.78 is 23.9. The van der Waals surface area contributed by atoms with Crippen LogP contribution in [0.3, 0.4) is 0 Å². The maximum atomic E-state index is 13.3. The van der Waals surface area contributed by atoms with Crippen LogP contribution < -0.4 is 83.2 Å². The topological polar surface area (TPSA) is 292 Å². The molecule has 654 valence electrons. The number of carbonyl (C=O) groups is 1. The van der Waals surface area contributed by atoms with Gasteiger partial charge in [0.2, 0.25) is 5.95 Å². The van der Waals surface area contributed by atoms with Gasteiger partial charge in [-0.2, -0.15) is 0 Å². The van der Waals surface area contributed by atoms with Crippen LogP contribution in [0.25, 0.3) is 0 Å². The molecule has 3 aromatic heterocycles. The van der Waals surface area contributed by atoms with Crippen molar-refractivity contribution in [2.24, 2.45) is 17.6 Å². The van der Waals surface area contributed by atoms with E-state index in [0.717, 1.165) is 249 Å². The lowest BCUT2D eigenvalue weighted by Gasteiger charge is -2.40. The second-order valence-corrected chi connectivity index (χ2v) is 32.2. The lowest BCUT2D eigenvalue weighted by atomic mass is 9.80. The Morgan fingerprint density at radius 3 is 1.37 bits per heavy atom. The molecule has 1 aromatic carbocycles. The molecule has 11 fully saturated rings. The third kappa shape index (κ3) is 42.0. The van der Waals surface area contributed by atoms with Gasteiger partial charge in [-0.3, -0.25) is 14.8 Å². The van der Waals surface area contributed by atoms with Gasteiger partial charge in [0.25, 0.3) is 0 Å². The summed E-state index contributed by atoms with van der Waals surface area (Å²) in [4.78, 5) is 59.5. The number of nitrogens with two attached hydrogens (primary N) is 1. The second-order valence-electron chi connectivity index (χ2n) is 32.2. The van der Waals surface area contributed by atoms with Crippen molar-refractivity contribution in [2.75, 3.05) is 317 Å². The molecule has 4 aromatic rings. The lowest BCUT2D eigenvalue weighted by Crippen LogP contribution is -2.53. The molecule has 0 unspecified atom stereocenters. The number of hydrogen-bond acceptors (Lipinski definition) is 29. The maximum absolute atomic E-state index is 13.3. The average molecular weight is 1610 g/mol. The van der Waals surface area contributed by atoms with Crippen molar-refractivity contribution in [3.63, 3.8) is 0 Å². The fourth-order valence-corrected chi connectivity index (χ4v) is 15.3. The van der Waals surface area contributed by atoms with E-state index in [9.17, 15) is 9.18 Å². The summed E-state index contributed by atoms with van der Waals surface area (Å²) in [7, 11) is 10.2. The number of benzene rings is 1. The van der Waals surface area contributed by atoms with Crippen LogP contribution in [-0.2, 0) is 4.74 Å². The number of ether oxygens (including phenoxy) is 2. The molecule has 11 aliphatic heterocycles. The minimum Gasteiger partial charge on any atom is -0.491 e. The molecule has 31 heteroatoms. The molecule has 15 rings (SSSR count). The number of unbranched alkanes of at least 4 members (excludes halogenated alkanes) is 1. The van der Waals surface area contributed by atoms with E-state index < -0.39 is 5.60 Å². The fraction of sp³-hybridized carbons (Fsp3) is 0.774. The van der Waals surface area contributed by atoms with E-state index in [0.29, 0.717) is 6.04 Å². The molecule has 0 spiro atoms. The summed E-state index contributed by atoms with van der Waals surface area (Å²) in [6.07, 6.45) is 24.8. The highest BCUT2D eigenvalue weighted by atomic mass is 19.1. The number of para-hydroxylation sites is 1. The maximum Gasteiger partial charge on any atom is 0.410 e. The van der Waals surface area contributed by atoms with E-state index in [1.807, 2.05) is 50.1 Å². The van der Waals surface area contributed by atoms with E-state index in [4.69, 9.17) is 15.2 Å². The molecule has 1 amide bonds. The first-order valence-corrected chi connectivity index (χ1v) is 44.0. The normalized spacial score (nSPS) is 20.6. The molecule has 0 saturated carbocycles. The van der Waals surface area contributed by atoms with E-state index in [1.54, 1.807) is 50.5 Å². The van der Waals surface area contributed by atoms with Gasteiger partial charge >= 0.3 is 6.09 Å². The summed E-state index contributed by atoms with van der Waals surface area (Å²) >= 11 is 0. The van der Waals surface area contributed by atoms with Crippen LogP contribution >= 0.6 is 0 Å². The van der Waals surface area contributed by atoms with Gasteiger partial charge in [-0.1, -0.05) is 26.0 Å². The van der Waals surface area contributed by atoms with Crippen molar-refractivity contribution in [2.45, 2.75) is 117 Å². The van der Waals surface area contributed by atoms with E-state index in [-0.39, 0.29) is 11.9 Å². The Labute approximate surface area is 693 Å². The molecule has 11 aliphatic rings. The Kier molecular flexibility index (Phi) is 51.5. The Hall–Kier alpha value is -5.98. The SMILES string of the molecule is C1CC(C2CCNCC2)CCN1.CC(C)(C)OC(=O)N1CCC(N2CCNCC2)CC1.CCNCC.CN(C)CCCCN.CN1CCC(N2CCNCC2)CC1.CN1CCNCC1.COc1cncnc1N1CCNCC1.Fc1ccccc1N1CCNCC1.c1cnc(N2CCNCC2)cn1.c1cnc(N2CCNCC2)nc1. The van der Waals surface area contributed by atoms with Gasteiger partial charge in [-0.15, -0.1) is 0 Å². The molecule has 11 saturated heterocycles. The summed E-state index contributed by atoms with van der Waals surface area (Å²) in [5.41, 5.74) is 5.63. The number of likely N-dealkylation sites (tertiary alicyclic amines) is 2. The lowest BCUT2D eigenvalue weighted by molar-refractivity contribution is 0.0135. The summed E-state index contributed by atoms with van der Waals surface area (Å²) in [6.45, 7) is 53.2. The zero-order chi connectivity index (χ0) is 82.2. The van der Waals surface area contributed by atoms with Crippen LogP contribution in [0.5, 0.6) is 5.75 Å². The number of anilines is 4. The van der Waals surface area contributed by atoms with Gasteiger partial charge in [0.05, 0.1) is 25.2 Å². The van der Waals surface area contributed by atoms with Gasteiger partial charge in [0.1, 0.15) is 23.6 Å². The van der Waals surface area contributed by atoms with Crippen LogP contribution in [0, 0.1) is 17.7 Å². The van der Waals surface area contributed by atoms with Crippen LogP contribution in [0.4, 0.5) is 32.5 Å². The Morgan fingerprint density at radius 2 is 0.948 bits per heavy atom. The van der Waals surface area contributed by atoms with E-state index in [1.165, 1.54) is 130 Å². The standard InChI is InChI=1S/C14H27N3O2.C10H13FN2.C10H21N3.C10H20N2.C9H14N4O.2C8H12N4.C6H16N2.C5H12N2.C4H11N/c1-14(2,3)19-13(18)17-8-4-12(5-9-17)16-10-6-15-7-11-16;11-9-3-1-2-4-10(9)13-7-5-12-6-8-13;1-12-6-2-10(3-7-12)13-8-4-11-5-9-13;1-5-11-6-2-9(1)10-3-7-12-8-4-10;1-14-8-6-11-7-12-9(8)13-4-2-10-3-5-13;1-2-11-8(7-10-1)12-5-3-9-4-6-12;1-2-10-8(11-3-1)12-6-4-9-5-7-12;1-8(2)6-4-3-5-7;1-7-4-2-6-3-5-7;1-3-5-4-2/h12,15H,4-11H2,1-3H3;1-4,12H,5-8H2;10-11H,2-9H2,1H3;9-12H,1-8H2;6-7,10H,2-5H2,1H3;1-2,7,9H,3-6H2;1-3,9H,4-7H2;3-7H2,1-2H3;6H,2-5H2,1H3;5H,3-4H2,1-2H3. The van der Waals surface area contributed by atoms with Crippen molar-refractivity contribution in [1.82, 2.24) is 112 Å². The number of amides is 1. The van der Waals surface area contributed by atoms with Crippen molar-refractivity contribution >= 4 is 29.4 Å². The number of nitrogens with zero attached hydrogens (tertiary/aromatic N) is 16. The minimum absolute atomic E-state index is 0.121. The van der Waals surface area contributed by atoms with Crippen LogP contribution in [-0.4, -0.2) is 380 Å². The largest absolute Gasteiger partial charge is 0.491 e. The number of methoxy groups -OCH3 is 1. The highest BCUT2D eigenvalue weighted by Crippen LogP contribution is 2.29. The number of aromatic nitrogens is 6. The molecular weight excluding hydrogens is 1450 g/mol. The minimum atomic E-state index is -0.396. The molecule has 115 heavy (non-hydrogen) atoms. The van der Waals surface area contributed by atoms with Crippen molar-refractivity contribution in [1.29, 1.82) is 0 Å². The number of hydrogen-bond donors (Lipinski definition) is 11. The van der Waals surface area contributed by atoms with E-state index >= 15 is 0 Å². The Balaban J connectivity index is 0.000000202. The predicted octanol–water partition coefficient (Wildman–Crippen LogP) is 3.59. The van der Waals surface area contributed by atoms with Gasteiger partial charge < -0.3 is 108 Å². The van der Waals surface area contributed by atoms with Crippen LogP contribution in [0.15, 0.2) is 73.8 Å². The number of piperidine rings is 4. The zero-order valence-electron chi connectivity index (χ0n) is 72.9. The summed E-state index contributed by atoms with van der Waals surface area (Å²) in [5.74, 6) is 5.42. The number of likely N-dealkylation sites (N-methyl/N-ethyl adjacent to an activating group) is 1. The Bertz CT molecular complexity index is 2870. The number of halogens is 1. The Morgan fingerprint density at radius 1 is 0.504 bits per heavy atom. The first kappa shape index (κ1) is 97.8. The zero-order valence-corrected chi connectivity index (χ0v) is 72.9. The van der Waals surface area contributed by atoms with Gasteiger partial charge in [-0.25, -0.2) is 34.1 Å². The summed E-state index contributed by atoms with van der Waals surface area (Å²) in [6, 6.07) is 10.3. The summed E-state index contributed by atoms with van der Waals surface area (Å²) in [5, 5.41) is 33.2. The molecule has 14 heterocycles. The fourth-order valence-electron chi connectivity index (χ4n) is 15.3. The number of rotatable bonds is 14. The number of piperazine rings is 7. The second kappa shape index (κ2) is 60.5. The smallest absolute Gasteiger partial charge is 0.410 e. The monoisotopic (exact) mass is 1610 g/mol. The first-order valence-electron chi connectivity index (χ1n) is 44.0. The molecule has 0 radical (unpaired) electrons. The van der Waals surface area contributed by atoms with Gasteiger partial charge in [0, 0.05) is 233 Å². The number of carbonyl (C=O) groups excluding carboxylic acids is 1. The van der Waals surface area contributed by atoms with Crippen molar-refractivity contribution < 1.29 is 18.7 Å². The highest BCUT2D eigenvalue weighted by Gasteiger charge is 2.31. The van der Waals surface area contributed by atoms with Gasteiger partial charge in [0.15, 0.2) is 11.6 Å². The predicted molar refractivity (Wildman–Crippen MR) is 472 cm³/mol. The van der Waals surface area contributed by atoms with Crippen molar-refractivity contribution in [3.8, 4) is 5.75 Å². The van der Waals surface area contributed by atoms with Gasteiger partial charge in [-0.05, 0) is 209 Å². The molecule has 0 bridgehead atoms. The molecule has 12 N–H and O–H groups in total. The van der Waals surface area contributed by atoms with E-state index in [2.05, 4.69) is 169 Å². The molecular formula is C84H158FN27O3. The highest BCUT2D eigenvalue weighted by molar-refractivity contribution is 5.68. The quantitative estimate of drug-likeness (QED) is 0.0805. The first-order chi connectivity index (χ1) is 56.1. The number of nitrogens with one attached hydrogen (secondary N) is 10. The molecule has 30 nitrogen and oxygen atoms in total. The van der Waals surface area contributed by atoms with Crippen LogP contribution in [0.1, 0.15) is 98.8 Å². The molecule has 0 atom stereocenters. The van der Waals surface area contributed by atoms with Crippen LogP contribution in [0.2, 0.25) is 0 Å². The average Bonchev–Trinajstić information content (AvgIpc) is 0.903. The third-order valence-electron chi connectivity index (χ3n) is 22.0.